The van der Waals surface area contributed by atoms with Gasteiger partial charge in [0, 0.05) is 6.07 Å². The highest BCUT2D eigenvalue weighted by Gasteiger charge is 2.23. The Bertz CT molecular complexity index is 984. The van der Waals surface area contributed by atoms with Crippen molar-refractivity contribution in [1.82, 2.24) is 14.7 Å². The Hall–Kier alpha value is -2.27. The third kappa shape index (κ3) is 5.86. The molecule has 144 valence electrons. The molecule has 0 aliphatic heterocycles. The first kappa shape index (κ1) is 21.0. The van der Waals surface area contributed by atoms with Crippen LogP contribution in [0.1, 0.15) is 0 Å². The van der Waals surface area contributed by atoms with E-state index in [2.05, 4.69) is 15.3 Å². The Balaban J connectivity index is 2.21. The Morgan fingerprint density at radius 3 is 2.63 bits per heavy atom. The van der Waals surface area contributed by atoms with Crippen molar-refractivity contribution in [2.75, 3.05) is 12.4 Å². The van der Waals surface area contributed by atoms with Gasteiger partial charge in [0.25, 0.3) is 10.0 Å². The maximum Gasteiger partial charge on any atom is 0.335 e. The topological polar surface area (TPSA) is 120 Å². The number of methoxy groups -OCH3 is 1. The van der Waals surface area contributed by atoms with Gasteiger partial charge in [-0.3, -0.25) is 5.32 Å². The third-order valence-corrected chi connectivity index (χ3v) is 4.83. The first-order valence-electron chi connectivity index (χ1n) is 6.90. The molecule has 0 radical (unpaired) electrons. The summed E-state index contributed by atoms with van der Waals surface area (Å²) >= 11 is 16.8. The molecule has 9 nitrogen and oxygen atoms in total. The second kappa shape index (κ2) is 9.09. The van der Waals surface area contributed by atoms with Crippen LogP contribution >= 0.6 is 34.8 Å². The van der Waals surface area contributed by atoms with E-state index in [0.29, 0.717) is 0 Å². The zero-order valence-electron chi connectivity index (χ0n) is 13.4. The molecule has 2 amide bonds. The molecule has 0 aliphatic carbocycles. The minimum Gasteiger partial charge on any atom is -0.481 e. The van der Waals surface area contributed by atoms with Crippen molar-refractivity contribution in [1.29, 1.82) is 0 Å². The average molecular weight is 454 g/mol. The van der Waals surface area contributed by atoms with Gasteiger partial charge in [0.15, 0.2) is 0 Å². The second-order valence-corrected chi connectivity index (χ2v) is 7.21. The van der Waals surface area contributed by atoms with Crippen molar-refractivity contribution < 1.29 is 22.7 Å². The molecule has 2 N–H and O–H groups in total. The van der Waals surface area contributed by atoms with Gasteiger partial charge in [-0.2, -0.15) is 4.98 Å². The summed E-state index contributed by atoms with van der Waals surface area (Å²) in [5, 5.41) is 1.87. The fourth-order valence-corrected chi connectivity index (χ4v) is 3.08. The van der Waals surface area contributed by atoms with Gasteiger partial charge in [0.2, 0.25) is 17.0 Å². The fraction of sp³-hybridized carbons (Fsp3) is 0.0714. The van der Waals surface area contributed by atoms with Crippen LogP contribution in [-0.2, 0) is 10.0 Å². The summed E-state index contributed by atoms with van der Waals surface area (Å²) < 4.78 is 36.7. The Labute approximate surface area is 169 Å². The monoisotopic (exact) mass is 452 g/mol. The van der Waals surface area contributed by atoms with Crippen LogP contribution in [0.3, 0.4) is 0 Å². The van der Waals surface area contributed by atoms with E-state index in [-0.39, 0.29) is 32.8 Å². The standard InChI is InChI=1S/C14H11Cl3N4O5S/c1-25-12-6-10(16)18-13(19-12)20-14(22)21-27(23,24)9-5-3-2-4-8(9)26-11(17)7-15/h2-7H,1H3,(H2,18,19,20,21,22). The number of nitrogens with zero attached hydrogens (tertiary/aromatic N) is 2. The molecule has 1 aromatic heterocycles. The maximum atomic E-state index is 12.5. The SMILES string of the molecule is COc1cc(Cl)nc(NC(=O)NS(=O)(=O)c2ccccc2OC(Cl)=CCl)n1. The van der Waals surface area contributed by atoms with Gasteiger partial charge in [-0.15, -0.1) is 0 Å². The summed E-state index contributed by atoms with van der Waals surface area (Å²) in [7, 11) is -2.99. The predicted octanol–water partition coefficient (Wildman–Crippen LogP) is 3.30. The van der Waals surface area contributed by atoms with Gasteiger partial charge >= 0.3 is 6.03 Å². The number of para-hydroxylation sites is 1. The van der Waals surface area contributed by atoms with Crippen LogP contribution in [-0.4, -0.2) is 31.5 Å². The number of amides is 2. The van der Waals surface area contributed by atoms with Crippen molar-refractivity contribution in [3.05, 3.63) is 46.2 Å². The number of benzene rings is 1. The van der Waals surface area contributed by atoms with Crippen LogP contribution in [0.2, 0.25) is 5.15 Å². The number of nitrogens with one attached hydrogen (secondary N) is 2. The minimum absolute atomic E-state index is 0.0127. The maximum absolute atomic E-state index is 12.5. The van der Waals surface area contributed by atoms with Crippen molar-refractivity contribution >= 4 is 56.8 Å². The van der Waals surface area contributed by atoms with Crippen LogP contribution < -0.4 is 19.5 Å². The van der Waals surface area contributed by atoms with E-state index in [9.17, 15) is 13.2 Å². The van der Waals surface area contributed by atoms with Crippen LogP contribution in [0.5, 0.6) is 11.6 Å². The third-order valence-electron chi connectivity index (χ3n) is 2.76. The van der Waals surface area contributed by atoms with E-state index in [4.69, 9.17) is 44.3 Å². The number of rotatable bonds is 6. The minimum atomic E-state index is -4.33. The fourth-order valence-electron chi connectivity index (χ4n) is 1.75. The highest BCUT2D eigenvalue weighted by molar-refractivity contribution is 7.90. The molecule has 1 aromatic carbocycles. The smallest absolute Gasteiger partial charge is 0.335 e. The molecule has 0 saturated heterocycles. The lowest BCUT2D eigenvalue weighted by atomic mass is 10.3. The zero-order chi connectivity index (χ0) is 20.0. The molecule has 0 atom stereocenters. The van der Waals surface area contributed by atoms with Crippen molar-refractivity contribution in [2.24, 2.45) is 0 Å². The Morgan fingerprint density at radius 1 is 1.26 bits per heavy atom. The number of carbonyl (C=O) groups excluding carboxylic acids is 1. The predicted molar refractivity (Wildman–Crippen MR) is 99.8 cm³/mol. The van der Waals surface area contributed by atoms with Crippen LogP contribution in [0.4, 0.5) is 10.7 Å². The number of anilines is 1. The van der Waals surface area contributed by atoms with Crippen molar-refractivity contribution in [2.45, 2.75) is 4.90 Å². The number of aromatic nitrogens is 2. The first-order chi connectivity index (χ1) is 12.7. The van der Waals surface area contributed by atoms with E-state index in [0.717, 1.165) is 5.54 Å². The normalized spacial score (nSPS) is 11.6. The van der Waals surface area contributed by atoms with Gasteiger partial charge in [0.05, 0.1) is 12.6 Å². The van der Waals surface area contributed by atoms with E-state index in [1.54, 1.807) is 4.72 Å². The number of ether oxygens (including phenoxy) is 2. The molecule has 0 bridgehead atoms. The number of sulfonamides is 1. The summed E-state index contributed by atoms with van der Waals surface area (Å²) in [6.07, 6.45) is 0. The Morgan fingerprint density at radius 2 is 1.96 bits per heavy atom. The highest BCUT2D eigenvalue weighted by atomic mass is 35.5. The molecule has 0 spiro atoms. The number of urea groups is 1. The average Bonchev–Trinajstić information content (AvgIpc) is 2.60. The molecule has 0 fully saturated rings. The van der Waals surface area contributed by atoms with E-state index in [1.165, 1.54) is 37.4 Å². The Kier molecular flexibility index (Phi) is 7.08. The number of carbonyl (C=O) groups is 1. The highest BCUT2D eigenvalue weighted by Crippen LogP contribution is 2.26. The zero-order valence-corrected chi connectivity index (χ0v) is 16.5. The molecule has 0 aliphatic rings. The van der Waals surface area contributed by atoms with Crippen molar-refractivity contribution in [3.63, 3.8) is 0 Å². The summed E-state index contributed by atoms with van der Waals surface area (Å²) in [4.78, 5) is 19.2. The van der Waals surface area contributed by atoms with Gasteiger partial charge in [-0.25, -0.2) is 22.9 Å². The number of hydrogen-bond acceptors (Lipinski definition) is 7. The molecule has 2 aromatic rings. The second-order valence-electron chi connectivity index (χ2n) is 4.58. The molecule has 27 heavy (non-hydrogen) atoms. The molecule has 0 unspecified atom stereocenters. The quantitative estimate of drug-likeness (QED) is 0.508. The van der Waals surface area contributed by atoms with E-state index < -0.39 is 16.1 Å². The molecule has 0 saturated carbocycles. The van der Waals surface area contributed by atoms with E-state index >= 15 is 0 Å². The number of halogens is 3. The molecule has 2 rings (SSSR count). The largest absolute Gasteiger partial charge is 0.481 e. The van der Waals surface area contributed by atoms with Gasteiger partial charge < -0.3 is 9.47 Å². The molecular weight excluding hydrogens is 443 g/mol. The summed E-state index contributed by atoms with van der Waals surface area (Å²) in [5.74, 6) is -0.320. The first-order valence-corrected chi connectivity index (χ1v) is 9.58. The van der Waals surface area contributed by atoms with Crippen LogP contribution in [0, 0.1) is 0 Å². The van der Waals surface area contributed by atoms with Gasteiger partial charge in [-0.05, 0) is 23.7 Å². The van der Waals surface area contributed by atoms with Crippen LogP contribution in [0.15, 0.2) is 46.0 Å². The van der Waals surface area contributed by atoms with Gasteiger partial charge in [0.1, 0.15) is 15.8 Å². The summed E-state index contributed by atoms with van der Waals surface area (Å²) in [6, 6.07) is 5.67. The van der Waals surface area contributed by atoms with Gasteiger partial charge in [-0.1, -0.05) is 35.3 Å². The molecular formula is C14H11Cl3N4O5S. The van der Waals surface area contributed by atoms with E-state index in [1.807, 2.05) is 0 Å². The lowest BCUT2D eigenvalue weighted by molar-refractivity contribution is 0.256. The lowest BCUT2D eigenvalue weighted by Gasteiger charge is -2.12. The summed E-state index contributed by atoms with van der Waals surface area (Å²) in [5.41, 5.74) is 0.912. The van der Waals surface area contributed by atoms with Crippen molar-refractivity contribution in [3.8, 4) is 11.6 Å². The van der Waals surface area contributed by atoms with Crippen LogP contribution in [0.25, 0.3) is 0 Å². The lowest BCUT2D eigenvalue weighted by Crippen LogP contribution is -2.35. The molecule has 1 heterocycles. The number of hydrogen-bond donors (Lipinski definition) is 2. The molecule has 13 heteroatoms. The summed E-state index contributed by atoms with van der Waals surface area (Å²) in [6.45, 7) is 0.